The summed E-state index contributed by atoms with van der Waals surface area (Å²) in [4.78, 5) is 16.5. The summed E-state index contributed by atoms with van der Waals surface area (Å²) in [6, 6.07) is 7.71. The van der Waals surface area contributed by atoms with Crippen LogP contribution in [0.1, 0.15) is 15.9 Å². The highest BCUT2D eigenvalue weighted by Crippen LogP contribution is 2.26. The smallest absolute Gasteiger partial charge is 0.251 e. The van der Waals surface area contributed by atoms with Crippen molar-refractivity contribution in [2.24, 2.45) is 4.99 Å². The van der Waals surface area contributed by atoms with Crippen molar-refractivity contribution >= 4 is 33.8 Å². The van der Waals surface area contributed by atoms with Gasteiger partial charge in [-0.3, -0.25) is 9.79 Å². The molecule has 0 unspecified atom stereocenters. The largest absolute Gasteiger partial charge is 0.383 e. The second kappa shape index (κ2) is 8.34. The number of methoxy groups -OCH3 is 1. The number of hydrogen-bond donors (Lipinski definition) is 1. The normalized spacial score (nSPS) is 14.2. The average molecular weight is 310 g/mol. The molecule has 2 rings (SSSR count). The standard InChI is InChI=1S/C14H18N2O2S2/c1-18-8-6-15-13(17)12-5-3-2-4-11(12)10-20-14-16-7-9-19-14/h2-5H,6-10H2,1H3,(H,15,17). The molecule has 0 saturated heterocycles. The average Bonchev–Trinajstić information content (AvgIpc) is 2.99. The summed E-state index contributed by atoms with van der Waals surface area (Å²) >= 11 is 3.49. The van der Waals surface area contributed by atoms with Gasteiger partial charge in [-0.1, -0.05) is 41.7 Å². The van der Waals surface area contributed by atoms with Crippen LogP contribution in [0.15, 0.2) is 29.3 Å². The molecule has 108 valence electrons. The molecule has 4 nitrogen and oxygen atoms in total. The lowest BCUT2D eigenvalue weighted by Crippen LogP contribution is -2.27. The molecule has 1 N–H and O–H groups in total. The molecule has 0 radical (unpaired) electrons. The van der Waals surface area contributed by atoms with E-state index in [2.05, 4.69) is 10.3 Å². The fourth-order valence-electron chi connectivity index (χ4n) is 1.77. The number of aliphatic imine (C=N–C) groups is 1. The van der Waals surface area contributed by atoms with E-state index in [1.807, 2.05) is 24.3 Å². The molecule has 1 aromatic carbocycles. The zero-order valence-electron chi connectivity index (χ0n) is 11.4. The number of benzene rings is 1. The molecular weight excluding hydrogens is 292 g/mol. The number of nitrogens with one attached hydrogen (secondary N) is 1. The first-order chi connectivity index (χ1) is 9.81. The lowest BCUT2D eigenvalue weighted by Gasteiger charge is -2.09. The van der Waals surface area contributed by atoms with Gasteiger partial charge in [0.2, 0.25) is 0 Å². The summed E-state index contributed by atoms with van der Waals surface area (Å²) in [5.41, 5.74) is 1.78. The first-order valence-corrected chi connectivity index (χ1v) is 8.43. The lowest BCUT2D eigenvalue weighted by atomic mass is 10.1. The van der Waals surface area contributed by atoms with Gasteiger partial charge in [0.1, 0.15) is 4.38 Å². The van der Waals surface area contributed by atoms with Crippen LogP contribution in [0.2, 0.25) is 0 Å². The van der Waals surface area contributed by atoms with Crippen molar-refractivity contribution in [3.8, 4) is 0 Å². The molecule has 0 aromatic heterocycles. The molecule has 0 fully saturated rings. The first-order valence-electron chi connectivity index (χ1n) is 6.46. The molecule has 0 atom stereocenters. The number of amides is 1. The molecule has 6 heteroatoms. The second-order valence-corrected chi connectivity index (χ2v) is 6.50. The number of thioether (sulfide) groups is 2. The maximum absolute atomic E-state index is 12.1. The van der Waals surface area contributed by atoms with E-state index in [1.165, 1.54) is 0 Å². The van der Waals surface area contributed by atoms with E-state index in [9.17, 15) is 4.79 Å². The predicted octanol–water partition coefficient (Wildman–Crippen LogP) is 2.40. The quantitative estimate of drug-likeness (QED) is 0.820. The van der Waals surface area contributed by atoms with Crippen LogP contribution >= 0.6 is 23.5 Å². The van der Waals surface area contributed by atoms with Gasteiger partial charge in [0, 0.05) is 30.7 Å². The third kappa shape index (κ3) is 4.54. The summed E-state index contributed by atoms with van der Waals surface area (Å²) in [5, 5.41) is 2.86. The van der Waals surface area contributed by atoms with Gasteiger partial charge >= 0.3 is 0 Å². The monoisotopic (exact) mass is 310 g/mol. The third-order valence-electron chi connectivity index (χ3n) is 2.76. The molecule has 0 saturated carbocycles. The van der Waals surface area contributed by atoms with Crippen molar-refractivity contribution in [1.29, 1.82) is 0 Å². The Morgan fingerprint density at radius 3 is 3.10 bits per heavy atom. The SMILES string of the molecule is COCCNC(=O)c1ccccc1CSC1=NCCS1. The van der Waals surface area contributed by atoms with Gasteiger partial charge in [0.15, 0.2) is 0 Å². The number of carbonyl (C=O) groups excluding carboxylic acids is 1. The summed E-state index contributed by atoms with van der Waals surface area (Å²) < 4.78 is 6.06. The maximum Gasteiger partial charge on any atom is 0.251 e. The van der Waals surface area contributed by atoms with E-state index >= 15 is 0 Å². The van der Waals surface area contributed by atoms with Crippen LogP contribution in [-0.2, 0) is 10.5 Å². The van der Waals surface area contributed by atoms with Crippen LogP contribution in [0.4, 0.5) is 0 Å². The van der Waals surface area contributed by atoms with Gasteiger partial charge in [-0.25, -0.2) is 0 Å². The Hall–Kier alpha value is -0.980. The van der Waals surface area contributed by atoms with Crippen molar-refractivity contribution < 1.29 is 9.53 Å². The number of nitrogens with zero attached hydrogens (tertiary/aromatic N) is 1. The molecule has 0 aliphatic carbocycles. The van der Waals surface area contributed by atoms with Crippen LogP contribution in [-0.4, -0.2) is 42.8 Å². The Labute approximate surface area is 127 Å². The second-order valence-electron chi connectivity index (χ2n) is 4.19. The Morgan fingerprint density at radius 2 is 2.35 bits per heavy atom. The fourth-order valence-corrected chi connectivity index (χ4v) is 3.79. The highest BCUT2D eigenvalue weighted by atomic mass is 32.2. The number of rotatable bonds is 6. The Morgan fingerprint density at radius 1 is 1.50 bits per heavy atom. The van der Waals surface area contributed by atoms with E-state index in [0.29, 0.717) is 13.2 Å². The topological polar surface area (TPSA) is 50.7 Å². The van der Waals surface area contributed by atoms with E-state index in [1.54, 1.807) is 30.6 Å². The van der Waals surface area contributed by atoms with Crippen molar-refractivity contribution in [2.45, 2.75) is 5.75 Å². The van der Waals surface area contributed by atoms with E-state index in [4.69, 9.17) is 4.74 Å². The Kier molecular flexibility index (Phi) is 6.42. The zero-order valence-corrected chi connectivity index (χ0v) is 13.1. The molecule has 0 bridgehead atoms. The minimum atomic E-state index is -0.0423. The van der Waals surface area contributed by atoms with Crippen LogP contribution in [0.3, 0.4) is 0 Å². The summed E-state index contributed by atoms with van der Waals surface area (Å²) in [5.74, 6) is 1.81. The molecule has 20 heavy (non-hydrogen) atoms. The highest BCUT2D eigenvalue weighted by Gasteiger charge is 2.13. The van der Waals surface area contributed by atoms with E-state index in [-0.39, 0.29) is 5.91 Å². The van der Waals surface area contributed by atoms with Crippen LogP contribution in [0, 0.1) is 0 Å². The van der Waals surface area contributed by atoms with Crippen molar-refractivity contribution in [3.63, 3.8) is 0 Å². The van der Waals surface area contributed by atoms with Crippen LogP contribution < -0.4 is 5.32 Å². The molecule has 1 amide bonds. The highest BCUT2D eigenvalue weighted by molar-refractivity contribution is 8.38. The molecule has 1 aliphatic rings. The molecule has 1 heterocycles. The van der Waals surface area contributed by atoms with Gasteiger partial charge in [-0.05, 0) is 11.6 Å². The molecule has 0 spiro atoms. The minimum absolute atomic E-state index is 0.0423. The number of carbonyl (C=O) groups is 1. The fraction of sp³-hybridized carbons (Fsp3) is 0.429. The molecule has 1 aliphatic heterocycles. The van der Waals surface area contributed by atoms with Gasteiger partial charge in [-0.2, -0.15) is 0 Å². The molecule has 1 aromatic rings. The lowest BCUT2D eigenvalue weighted by molar-refractivity contribution is 0.0936. The maximum atomic E-state index is 12.1. The molecular formula is C14H18N2O2S2. The minimum Gasteiger partial charge on any atom is -0.383 e. The van der Waals surface area contributed by atoms with Crippen LogP contribution in [0.5, 0.6) is 0 Å². The predicted molar refractivity (Wildman–Crippen MR) is 86.7 cm³/mol. The summed E-state index contributed by atoms with van der Waals surface area (Å²) in [6.45, 7) is 1.96. The Bertz CT molecular complexity index is 492. The first kappa shape index (κ1) is 15.4. The van der Waals surface area contributed by atoms with Gasteiger partial charge < -0.3 is 10.1 Å². The zero-order chi connectivity index (χ0) is 14.2. The van der Waals surface area contributed by atoms with Gasteiger partial charge in [0.05, 0.1) is 13.2 Å². The number of hydrogen-bond acceptors (Lipinski definition) is 5. The third-order valence-corrected chi connectivity index (χ3v) is 5.06. The van der Waals surface area contributed by atoms with E-state index in [0.717, 1.165) is 33.6 Å². The van der Waals surface area contributed by atoms with Crippen LogP contribution in [0.25, 0.3) is 0 Å². The number of ether oxygens (including phenoxy) is 1. The van der Waals surface area contributed by atoms with Crippen molar-refractivity contribution in [2.75, 3.05) is 32.6 Å². The summed E-state index contributed by atoms with van der Waals surface area (Å²) in [7, 11) is 1.62. The van der Waals surface area contributed by atoms with Crippen molar-refractivity contribution in [3.05, 3.63) is 35.4 Å². The van der Waals surface area contributed by atoms with E-state index < -0.39 is 0 Å². The van der Waals surface area contributed by atoms with Gasteiger partial charge in [-0.15, -0.1) is 0 Å². The summed E-state index contributed by atoms with van der Waals surface area (Å²) in [6.07, 6.45) is 0. The Balaban J connectivity index is 1.96. The van der Waals surface area contributed by atoms with Crippen molar-refractivity contribution in [1.82, 2.24) is 5.32 Å². The van der Waals surface area contributed by atoms with Gasteiger partial charge in [0.25, 0.3) is 5.91 Å².